The number of likely N-dealkylation sites (tertiary alicyclic amines) is 1. The SMILES string of the molecule is CC(=O)Nc1ccc(C(=O)N2CCC(S(=O)(=O)c3ccccc3)C2)cc1. The minimum atomic E-state index is -3.45. The summed E-state index contributed by atoms with van der Waals surface area (Å²) < 4.78 is 25.4. The molecule has 0 radical (unpaired) electrons. The lowest BCUT2D eigenvalue weighted by Gasteiger charge is -2.17. The van der Waals surface area contributed by atoms with Crippen molar-refractivity contribution in [3.05, 3.63) is 60.2 Å². The normalized spacial score (nSPS) is 17.1. The van der Waals surface area contributed by atoms with Gasteiger partial charge in [-0.3, -0.25) is 9.59 Å². The number of anilines is 1. The summed E-state index contributed by atoms with van der Waals surface area (Å²) in [5.74, 6) is -0.386. The van der Waals surface area contributed by atoms with E-state index in [9.17, 15) is 18.0 Å². The standard InChI is InChI=1S/C19H20N2O4S/c1-14(22)20-16-9-7-15(8-10-16)19(23)21-12-11-18(13-21)26(24,25)17-5-3-2-4-6-17/h2-10,18H,11-13H2,1H3,(H,20,22). The zero-order valence-electron chi connectivity index (χ0n) is 14.4. The van der Waals surface area contributed by atoms with Crippen LogP contribution in [0.4, 0.5) is 5.69 Å². The van der Waals surface area contributed by atoms with Gasteiger partial charge in [-0.25, -0.2) is 8.42 Å². The summed E-state index contributed by atoms with van der Waals surface area (Å²) in [6, 6.07) is 14.9. The molecule has 1 N–H and O–H groups in total. The van der Waals surface area contributed by atoms with E-state index in [2.05, 4.69) is 5.32 Å². The summed E-state index contributed by atoms with van der Waals surface area (Å²) in [4.78, 5) is 25.5. The van der Waals surface area contributed by atoms with Gasteiger partial charge in [-0.05, 0) is 42.8 Å². The van der Waals surface area contributed by atoms with Gasteiger partial charge in [0.25, 0.3) is 5.91 Å². The van der Waals surface area contributed by atoms with Gasteiger partial charge in [0.05, 0.1) is 10.1 Å². The summed E-state index contributed by atoms with van der Waals surface area (Å²) in [7, 11) is -3.45. The summed E-state index contributed by atoms with van der Waals surface area (Å²) >= 11 is 0. The van der Waals surface area contributed by atoms with Crippen molar-refractivity contribution in [2.24, 2.45) is 0 Å². The van der Waals surface area contributed by atoms with Gasteiger partial charge in [-0.1, -0.05) is 18.2 Å². The number of amides is 2. The van der Waals surface area contributed by atoms with Crippen molar-refractivity contribution in [1.82, 2.24) is 4.90 Å². The summed E-state index contributed by atoms with van der Waals surface area (Å²) in [6.07, 6.45) is 0.424. The lowest BCUT2D eigenvalue weighted by molar-refractivity contribution is -0.114. The Morgan fingerprint density at radius 3 is 2.31 bits per heavy atom. The fraction of sp³-hybridized carbons (Fsp3) is 0.263. The van der Waals surface area contributed by atoms with Crippen LogP contribution in [0.25, 0.3) is 0 Å². The monoisotopic (exact) mass is 372 g/mol. The number of benzene rings is 2. The van der Waals surface area contributed by atoms with Crippen molar-refractivity contribution in [1.29, 1.82) is 0 Å². The third-order valence-corrected chi connectivity index (χ3v) is 6.59. The molecule has 0 aromatic heterocycles. The van der Waals surface area contributed by atoms with E-state index in [1.807, 2.05) is 0 Å². The molecule has 2 amide bonds. The van der Waals surface area contributed by atoms with E-state index in [0.29, 0.717) is 29.1 Å². The van der Waals surface area contributed by atoms with Crippen LogP contribution in [0.5, 0.6) is 0 Å². The van der Waals surface area contributed by atoms with Crippen LogP contribution in [0.3, 0.4) is 0 Å². The van der Waals surface area contributed by atoms with E-state index in [-0.39, 0.29) is 18.4 Å². The topological polar surface area (TPSA) is 83.6 Å². The second kappa shape index (κ2) is 7.29. The Hall–Kier alpha value is -2.67. The van der Waals surface area contributed by atoms with Gasteiger partial charge in [0.2, 0.25) is 5.91 Å². The average Bonchev–Trinajstić information content (AvgIpc) is 3.13. The number of hydrogen-bond donors (Lipinski definition) is 1. The molecule has 0 bridgehead atoms. The first-order valence-electron chi connectivity index (χ1n) is 8.34. The zero-order chi connectivity index (χ0) is 18.7. The molecule has 2 aromatic rings. The van der Waals surface area contributed by atoms with Gasteiger partial charge in [0, 0.05) is 31.3 Å². The maximum absolute atomic E-state index is 12.7. The maximum atomic E-state index is 12.7. The van der Waals surface area contributed by atoms with Crippen LogP contribution in [0.15, 0.2) is 59.5 Å². The third-order valence-electron chi connectivity index (χ3n) is 4.40. The van der Waals surface area contributed by atoms with Gasteiger partial charge < -0.3 is 10.2 Å². The summed E-state index contributed by atoms with van der Waals surface area (Å²) in [6.45, 7) is 2.00. The molecule has 1 atom stereocenters. The van der Waals surface area contributed by atoms with Crippen molar-refractivity contribution in [3.63, 3.8) is 0 Å². The van der Waals surface area contributed by atoms with Crippen LogP contribution < -0.4 is 5.32 Å². The molecule has 26 heavy (non-hydrogen) atoms. The van der Waals surface area contributed by atoms with Gasteiger partial charge >= 0.3 is 0 Å². The second-order valence-electron chi connectivity index (χ2n) is 6.28. The molecule has 3 rings (SSSR count). The Morgan fingerprint density at radius 2 is 1.69 bits per heavy atom. The fourth-order valence-electron chi connectivity index (χ4n) is 3.05. The van der Waals surface area contributed by atoms with Crippen molar-refractivity contribution in [2.45, 2.75) is 23.5 Å². The van der Waals surface area contributed by atoms with Gasteiger partial charge in [-0.2, -0.15) is 0 Å². The minimum absolute atomic E-state index is 0.183. The predicted molar refractivity (Wildman–Crippen MR) is 98.7 cm³/mol. The van der Waals surface area contributed by atoms with Crippen molar-refractivity contribution < 1.29 is 18.0 Å². The van der Waals surface area contributed by atoms with Crippen LogP contribution in [-0.2, 0) is 14.6 Å². The molecule has 136 valence electrons. The number of hydrogen-bond acceptors (Lipinski definition) is 4. The van der Waals surface area contributed by atoms with Gasteiger partial charge in [-0.15, -0.1) is 0 Å². The van der Waals surface area contributed by atoms with E-state index in [1.165, 1.54) is 6.92 Å². The molecule has 0 aliphatic carbocycles. The minimum Gasteiger partial charge on any atom is -0.337 e. The van der Waals surface area contributed by atoms with E-state index in [0.717, 1.165) is 0 Å². The average molecular weight is 372 g/mol. The molecule has 1 aliphatic heterocycles. The molecule has 6 nitrogen and oxygen atoms in total. The van der Waals surface area contributed by atoms with Crippen LogP contribution in [0, 0.1) is 0 Å². The first kappa shape index (κ1) is 18.1. The molecule has 0 spiro atoms. The highest BCUT2D eigenvalue weighted by molar-refractivity contribution is 7.92. The lowest BCUT2D eigenvalue weighted by atomic mass is 10.2. The maximum Gasteiger partial charge on any atom is 0.253 e. The van der Waals surface area contributed by atoms with Gasteiger partial charge in [0.15, 0.2) is 9.84 Å². The Bertz CT molecular complexity index is 908. The van der Waals surface area contributed by atoms with Crippen LogP contribution in [-0.4, -0.2) is 43.5 Å². The molecule has 2 aromatic carbocycles. The predicted octanol–water partition coefficient (Wildman–Crippen LogP) is 2.33. The number of carbonyl (C=O) groups is 2. The number of rotatable bonds is 4. The molecule has 1 aliphatic rings. The molecule has 0 saturated carbocycles. The summed E-state index contributed by atoms with van der Waals surface area (Å²) in [5, 5.41) is 2.05. The Balaban J connectivity index is 1.70. The van der Waals surface area contributed by atoms with E-state index in [1.54, 1.807) is 59.5 Å². The van der Waals surface area contributed by atoms with Gasteiger partial charge in [0.1, 0.15) is 0 Å². The smallest absolute Gasteiger partial charge is 0.253 e. The molecule has 1 heterocycles. The number of nitrogens with zero attached hydrogens (tertiary/aromatic N) is 1. The highest BCUT2D eigenvalue weighted by Gasteiger charge is 2.36. The Labute approximate surface area is 152 Å². The van der Waals surface area contributed by atoms with E-state index >= 15 is 0 Å². The molecule has 1 fully saturated rings. The molecule has 7 heteroatoms. The first-order valence-corrected chi connectivity index (χ1v) is 9.88. The first-order chi connectivity index (χ1) is 12.4. The lowest BCUT2D eigenvalue weighted by Crippen LogP contribution is -2.31. The highest BCUT2D eigenvalue weighted by atomic mass is 32.2. The quantitative estimate of drug-likeness (QED) is 0.893. The van der Waals surface area contributed by atoms with Crippen LogP contribution in [0.1, 0.15) is 23.7 Å². The number of nitrogens with one attached hydrogen (secondary N) is 1. The number of carbonyl (C=O) groups excluding carboxylic acids is 2. The fourth-order valence-corrected chi connectivity index (χ4v) is 4.76. The van der Waals surface area contributed by atoms with E-state index in [4.69, 9.17) is 0 Å². The third kappa shape index (κ3) is 3.77. The molecular weight excluding hydrogens is 352 g/mol. The van der Waals surface area contributed by atoms with Crippen molar-refractivity contribution >= 4 is 27.3 Å². The van der Waals surface area contributed by atoms with Crippen molar-refractivity contribution in [2.75, 3.05) is 18.4 Å². The Kier molecular flexibility index (Phi) is 5.08. The zero-order valence-corrected chi connectivity index (χ0v) is 15.2. The molecule has 1 saturated heterocycles. The molecule has 1 unspecified atom stereocenters. The Morgan fingerprint density at radius 1 is 1.04 bits per heavy atom. The van der Waals surface area contributed by atoms with Crippen LogP contribution in [0.2, 0.25) is 0 Å². The van der Waals surface area contributed by atoms with Crippen molar-refractivity contribution in [3.8, 4) is 0 Å². The largest absolute Gasteiger partial charge is 0.337 e. The number of sulfone groups is 1. The second-order valence-corrected chi connectivity index (χ2v) is 8.51. The highest BCUT2D eigenvalue weighted by Crippen LogP contribution is 2.25. The van der Waals surface area contributed by atoms with Crippen LogP contribution >= 0.6 is 0 Å². The summed E-state index contributed by atoms with van der Waals surface area (Å²) in [5.41, 5.74) is 1.08. The van der Waals surface area contributed by atoms with E-state index < -0.39 is 15.1 Å². The molecular formula is C19H20N2O4S.